The molecule has 1 fully saturated rings. The first-order valence-electron chi connectivity index (χ1n) is 13.3. The van der Waals surface area contributed by atoms with Gasteiger partial charge >= 0.3 is 5.97 Å². The Balaban J connectivity index is 1.43. The SMILES string of the molecule is O=C(O)CCCC=CC[C@@H]1[C@@H](NS(=O)(=O)c2ccc(Br)c(Br)c2)CC[C@@H]1OCc1ccc(-c2ccccc2)cc1. The van der Waals surface area contributed by atoms with Crippen LogP contribution in [0, 0.1) is 5.92 Å². The molecular formula is C31H33Br2NO5S. The second-order valence-electron chi connectivity index (χ2n) is 9.95. The molecule has 1 aliphatic rings. The summed E-state index contributed by atoms with van der Waals surface area (Å²) in [6.45, 7) is 0.442. The van der Waals surface area contributed by atoms with Gasteiger partial charge in [-0.3, -0.25) is 4.79 Å². The minimum absolute atomic E-state index is 0.0482. The topological polar surface area (TPSA) is 92.7 Å². The van der Waals surface area contributed by atoms with Crippen LogP contribution in [0.25, 0.3) is 11.1 Å². The maximum absolute atomic E-state index is 13.2. The first-order chi connectivity index (χ1) is 19.2. The molecule has 6 nitrogen and oxygen atoms in total. The van der Waals surface area contributed by atoms with Gasteiger partial charge in [-0.2, -0.15) is 0 Å². The van der Waals surface area contributed by atoms with Crippen molar-refractivity contribution in [3.05, 3.63) is 99.5 Å². The zero-order valence-corrected chi connectivity index (χ0v) is 26.0. The van der Waals surface area contributed by atoms with Gasteiger partial charge in [-0.25, -0.2) is 13.1 Å². The fraction of sp³-hybridized carbons (Fsp3) is 0.323. The van der Waals surface area contributed by atoms with E-state index in [4.69, 9.17) is 9.84 Å². The van der Waals surface area contributed by atoms with Gasteiger partial charge in [0.2, 0.25) is 10.0 Å². The number of carboxylic acids is 1. The number of aliphatic carboxylic acids is 1. The Hall–Kier alpha value is -2.30. The molecular weight excluding hydrogens is 658 g/mol. The van der Waals surface area contributed by atoms with Crippen molar-refractivity contribution in [2.45, 2.75) is 62.2 Å². The molecule has 0 spiro atoms. The Bertz CT molecular complexity index is 1410. The number of hydrogen-bond acceptors (Lipinski definition) is 4. The molecule has 3 atom stereocenters. The van der Waals surface area contributed by atoms with E-state index in [-0.39, 0.29) is 29.4 Å². The van der Waals surface area contributed by atoms with Crippen molar-refractivity contribution in [3.63, 3.8) is 0 Å². The summed E-state index contributed by atoms with van der Waals surface area (Å²) >= 11 is 6.78. The molecule has 0 bridgehead atoms. The zero-order valence-electron chi connectivity index (χ0n) is 22.0. The third kappa shape index (κ3) is 8.60. The molecule has 4 rings (SSSR count). The van der Waals surface area contributed by atoms with Crippen LogP contribution in [0.3, 0.4) is 0 Å². The molecule has 0 saturated heterocycles. The number of hydrogen-bond donors (Lipinski definition) is 2. The Morgan fingerprint density at radius 2 is 1.68 bits per heavy atom. The molecule has 3 aromatic rings. The van der Waals surface area contributed by atoms with Gasteiger partial charge in [0, 0.05) is 27.3 Å². The van der Waals surface area contributed by atoms with E-state index in [0.29, 0.717) is 36.8 Å². The van der Waals surface area contributed by atoms with Crippen LogP contribution >= 0.6 is 31.9 Å². The summed E-state index contributed by atoms with van der Waals surface area (Å²) in [5.41, 5.74) is 3.37. The molecule has 0 aromatic heterocycles. The Labute approximate surface area is 253 Å². The average Bonchev–Trinajstić information content (AvgIpc) is 3.31. The number of rotatable bonds is 13. The van der Waals surface area contributed by atoms with Crippen molar-refractivity contribution in [1.82, 2.24) is 4.72 Å². The average molecular weight is 691 g/mol. The second kappa shape index (κ2) is 14.5. The number of nitrogens with one attached hydrogen (secondary N) is 1. The van der Waals surface area contributed by atoms with Gasteiger partial charge in [-0.05, 0) is 98.9 Å². The van der Waals surface area contributed by atoms with Gasteiger partial charge < -0.3 is 9.84 Å². The lowest BCUT2D eigenvalue weighted by molar-refractivity contribution is -0.137. The smallest absolute Gasteiger partial charge is 0.303 e. The number of carbonyl (C=O) groups is 1. The summed E-state index contributed by atoms with van der Waals surface area (Å²) in [5.74, 6) is -0.850. The lowest BCUT2D eigenvalue weighted by Crippen LogP contribution is -2.39. The van der Waals surface area contributed by atoms with E-state index in [9.17, 15) is 13.2 Å². The van der Waals surface area contributed by atoms with Gasteiger partial charge in [0.25, 0.3) is 0 Å². The summed E-state index contributed by atoms with van der Waals surface area (Å²) < 4.78 is 37.3. The van der Waals surface area contributed by atoms with Crippen molar-refractivity contribution in [2.24, 2.45) is 5.92 Å². The zero-order chi connectivity index (χ0) is 28.5. The molecule has 2 N–H and O–H groups in total. The van der Waals surface area contributed by atoms with Gasteiger partial charge in [-0.1, -0.05) is 66.7 Å². The van der Waals surface area contributed by atoms with Crippen LogP contribution in [0.4, 0.5) is 0 Å². The third-order valence-corrected chi connectivity index (χ3v) is 10.5. The van der Waals surface area contributed by atoms with Crippen LogP contribution in [0.15, 0.2) is 98.8 Å². The molecule has 0 heterocycles. The van der Waals surface area contributed by atoms with Gasteiger partial charge in [0.05, 0.1) is 17.6 Å². The molecule has 212 valence electrons. The third-order valence-electron chi connectivity index (χ3n) is 7.13. The van der Waals surface area contributed by atoms with Crippen LogP contribution < -0.4 is 4.72 Å². The van der Waals surface area contributed by atoms with E-state index in [2.05, 4.69) is 73.0 Å². The molecule has 1 saturated carbocycles. The van der Waals surface area contributed by atoms with E-state index in [1.807, 2.05) is 30.4 Å². The highest BCUT2D eigenvalue weighted by atomic mass is 79.9. The summed E-state index contributed by atoms with van der Waals surface area (Å²) in [6.07, 6.45) is 7.34. The molecule has 0 unspecified atom stereocenters. The first kappa shape index (κ1) is 30.7. The summed E-state index contributed by atoms with van der Waals surface area (Å²) in [5, 5.41) is 8.86. The largest absolute Gasteiger partial charge is 0.481 e. The van der Waals surface area contributed by atoms with Gasteiger partial charge in [0.1, 0.15) is 0 Å². The van der Waals surface area contributed by atoms with Gasteiger partial charge in [-0.15, -0.1) is 0 Å². The molecule has 3 aromatic carbocycles. The number of carboxylic acid groups (broad SMARTS) is 1. The van der Waals surface area contributed by atoms with Crippen molar-refractivity contribution in [1.29, 1.82) is 0 Å². The summed E-state index contributed by atoms with van der Waals surface area (Å²) in [7, 11) is -3.73. The number of unbranched alkanes of at least 4 members (excludes halogenated alkanes) is 1. The number of sulfonamides is 1. The van der Waals surface area contributed by atoms with Crippen LogP contribution in [-0.2, 0) is 26.2 Å². The highest BCUT2D eigenvalue weighted by Crippen LogP contribution is 2.34. The standard InChI is InChI=1S/C31H33Br2NO5S/c32-27-17-16-25(20-28(27)33)40(37,38)34-29-18-19-30(26(29)10-6-1-2-7-11-31(35)36)39-21-22-12-14-24(15-13-22)23-8-4-3-5-9-23/h1,3-6,8-9,12-17,20,26,29-30,34H,2,7,10-11,18-19,21H2,(H,35,36)/t26-,29+,30+/m1/s1. The monoisotopic (exact) mass is 689 g/mol. The summed E-state index contributed by atoms with van der Waals surface area (Å²) in [4.78, 5) is 11.0. The highest BCUT2D eigenvalue weighted by Gasteiger charge is 2.38. The number of ether oxygens (including phenoxy) is 1. The Kier molecular flexibility index (Phi) is 11.1. The first-order valence-corrected chi connectivity index (χ1v) is 16.4. The van der Waals surface area contributed by atoms with Crippen molar-refractivity contribution in [3.8, 4) is 11.1 Å². The molecule has 0 aliphatic heterocycles. The predicted molar refractivity (Wildman–Crippen MR) is 164 cm³/mol. The van der Waals surface area contributed by atoms with E-state index in [1.165, 1.54) is 0 Å². The van der Waals surface area contributed by atoms with Crippen molar-refractivity contribution >= 4 is 47.9 Å². The fourth-order valence-corrected chi connectivity index (χ4v) is 7.11. The molecule has 40 heavy (non-hydrogen) atoms. The maximum atomic E-state index is 13.2. The quantitative estimate of drug-likeness (QED) is 0.142. The minimum Gasteiger partial charge on any atom is -0.481 e. The molecule has 1 aliphatic carbocycles. The molecule has 9 heteroatoms. The Morgan fingerprint density at radius 3 is 2.38 bits per heavy atom. The Morgan fingerprint density at radius 1 is 0.950 bits per heavy atom. The lowest BCUT2D eigenvalue weighted by atomic mass is 9.97. The summed E-state index contributed by atoms with van der Waals surface area (Å²) in [6, 6.07) is 23.1. The van der Waals surface area contributed by atoms with Crippen LogP contribution in [0.2, 0.25) is 0 Å². The molecule has 0 radical (unpaired) electrons. The van der Waals surface area contributed by atoms with Gasteiger partial charge in [0.15, 0.2) is 0 Å². The maximum Gasteiger partial charge on any atom is 0.303 e. The molecule has 0 amide bonds. The number of benzene rings is 3. The minimum atomic E-state index is -3.73. The highest BCUT2D eigenvalue weighted by molar-refractivity contribution is 9.13. The lowest BCUT2D eigenvalue weighted by Gasteiger charge is -2.25. The second-order valence-corrected chi connectivity index (χ2v) is 13.4. The van der Waals surface area contributed by atoms with Crippen LogP contribution in [-0.4, -0.2) is 31.6 Å². The number of allylic oxidation sites excluding steroid dienone is 2. The number of halogens is 2. The van der Waals surface area contributed by atoms with Crippen molar-refractivity contribution < 1.29 is 23.1 Å². The normalized spacial score (nSPS) is 19.3. The van der Waals surface area contributed by atoms with Crippen molar-refractivity contribution in [2.75, 3.05) is 0 Å². The van der Waals surface area contributed by atoms with E-state index in [1.54, 1.807) is 18.2 Å². The van der Waals surface area contributed by atoms with Crippen LogP contribution in [0.5, 0.6) is 0 Å². The van der Waals surface area contributed by atoms with E-state index >= 15 is 0 Å². The van der Waals surface area contributed by atoms with Crippen LogP contribution in [0.1, 0.15) is 44.1 Å². The fourth-order valence-electron chi connectivity index (χ4n) is 4.98. The van der Waals surface area contributed by atoms with E-state index < -0.39 is 16.0 Å². The predicted octanol–water partition coefficient (Wildman–Crippen LogP) is 7.72. The van der Waals surface area contributed by atoms with E-state index in [0.717, 1.165) is 27.6 Å².